The number of ether oxygens (including phenoxy) is 2. The number of nitrogens with zero attached hydrogens (tertiary/aromatic N) is 1. The number of halogens is 1. The molecule has 150 valence electrons. The number of hydrogen-bond donors (Lipinski definition) is 1. The highest BCUT2D eigenvalue weighted by Gasteiger charge is 2.26. The Balaban J connectivity index is 2.14. The Bertz CT molecular complexity index is 795. The monoisotopic (exact) mass is 496 g/mol. The lowest BCUT2D eigenvalue weighted by Gasteiger charge is -2.28. The molecular weight excluding hydrogens is 471 g/mol. The molecule has 0 unspecified atom stereocenters. The second-order valence-corrected chi connectivity index (χ2v) is 7.43. The van der Waals surface area contributed by atoms with Gasteiger partial charge < -0.3 is 19.7 Å². The van der Waals surface area contributed by atoms with Crippen LogP contribution in [-0.4, -0.2) is 43.0 Å². The summed E-state index contributed by atoms with van der Waals surface area (Å²) in [5.41, 5.74) is 0.873. The smallest absolute Gasteiger partial charge is 0.261 e. The van der Waals surface area contributed by atoms with E-state index in [9.17, 15) is 9.59 Å². The molecule has 7 heteroatoms. The summed E-state index contributed by atoms with van der Waals surface area (Å²) in [7, 11) is 1.59. The molecule has 2 aromatic rings. The SMILES string of the molecule is CCNC(=O)[C@@H](C)N(Cc1cccc(OC)c1)C(=O)COc1ccc(I)cc1. The maximum absolute atomic E-state index is 12.9. The van der Waals surface area contributed by atoms with E-state index < -0.39 is 6.04 Å². The van der Waals surface area contributed by atoms with Gasteiger partial charge in [0.1, 0.15) is 17.5 Å². The molecule has 1 N–H and O–H groups in total. The molecule has 0 bridgehead atoms. The van der Waals surface area contributed by atoms with Crippen LogP contribution < -0.4 is 14.8 Å². The van der Waals surface area contributed by atoms with Crippen LogP contribution >= 0.6 is 22.6 Å². The Morgan fingerprint density at radius 3 is 2.50 bits per heavy atom. The maximum Gasteiger partial charge on any atom is 0.261 e. The molecule has 0 aliphatic rings. The molecule has 0 heterocycles. The highest BCUT2D eigenvalue weighted by Crippen LogP contribution is 2.17. The van der Waals surface area contributed by atoms with Gasteiger partial charge in [0.15, 0.2) is 6.61 Å². The number of amides is 2. The van der Waals surface area contributed by atoms with Crippen molar-refractivity contribution in [3.05, 3.63) is 57.7 Å². The Morgan fingerprint density at radius 1 is 1.14 bits per heavy atom. The molecule has 2 aromatic carbocycles. The predicted octanol–water partition coefficient (Wildman–Crippen LogP) is 3.23. The van der Waals surface area contributed by atoms with Crippen LogP contribution in [-0.2, 0) is 16.1 Å². The number of benzene rings is 2. The van der Waals surface area contributed by atoms with Crippen LogP contribution in [0, 0.1) is 3.57 Å². The summed E-state index contributed by atoms with van der Waals surface area (Å²) in [4.78, 5) is 26.7. The minimum atomic E-state index is -0.626. The van der Waals surface area contributed by atoms with E-state index in [1.54, 1.807) is 14.0 Å². The van der Waals surface area contributed by atoms with Crippen molar-refractivity contribution in [2.45, 2.75) is 26.4 Å². The van der Waals surface area contributed by atoms with Crippen molar-refractivity contribution in [2.24, 2.45) is 0 Å². The fraction of sp³-hybridized carbons (Fsp3) is 0.333. The predicted molar refractivity (Wildman–Crippen MR) is 116 cm³/mol. The van der Waals surface area contributed by atoms with Gasteiger partial charge in [-0.05, 0) is 78.4 Å². The van der Waals surface area contributed by atoms with Crippen LogP contribution in [0.25, 0.3) is 0 Å². The Hall–Kier alpha value is -2.29. The van der Waals surface area contributed by atoms with Gasteiger partial charge in [-0.1, -0.05) is 12.1 Å². The van der Waals surface area contributed by atoms with E-state index in [1.165, 1.54) is 4.90 Å². The van der Waals surface area contributed by atoms with Crippen LogP contribution in [0.3, 0.4) is 0 Å². The third kappa shape index (κ3) is 6.40. The zero-order valence-corrected chi connectivity index (χ0v) is 18.4. The fourth-order valence-corrected chi connectivity index (χ4v) is 2.99. The standard InChI is InChI=1S/C21H25IN2O4/c1-4-23-21(26)15(2)24(13-16-6-5-7-19(12-16)27-3)20(25)14-28-18-10-8-17(22)9-11-18/h5-12,15H,4,13-14H2,1-3H3,(H,23,26)/t15-/m1/s1. The highest BCUT2D eigenvalue weighted by molar-refractivity contribution is 14.1. The first-order valence-corrected chi connectivity index (χ1v) is 10.1. The van der Waals surface area contributed by atoms with Gasteiger partial charge in [0, 0.05) is 16.7 Å². The quantitative estimate of drug-likeness (QED) is 0.542. The van der Waals surface area contributed by atoms with E-state index in [-0.39, 0.29) is 25.0 Å². The Morgan fingerprint density at radius 2 is 1.86 bits per heavy atom. The summed E-state index contributed by atoms with van der Waals surface area (Å²) in [6.45, 7) is 4.20. The summed E-state index contributed by atoms with van der Waals surface area (Å²) in [6.07, 6.45) is 0. The fourth-order valence-electron chi connectivity index (χ4n) is 2.63. The van der Waals surface area contributed by atoms with Gasteiger partial charge in [-0.15, -0.1) is 0 Å². The molecule has 0 aromatic heterocycles. The molecule has 1 atom stereocenters. The van der Waals surface area contributed by atoms with Crippen LogP contribution in [0.2, 0.25) is 0 Å². The van der Waals surface area contributed by atoms with Gasteiger partial charge in [0.05, 0.1) is 7.11 Å². The average Bonchev–Trinajstić information content (AvgIpc) is 2.71. The third-order valence-electron chi connectivity index (χ3n) is 4.18. The molecule has 0 saturated heterocycles. The first kappa shape index (κ1) is 22.0. The van der Waals surface area contributed by atoms with Crippen LogP contribution in [0.5, 0.6) is 11.5 Å². The van der Waals surface area contributed by atoms with Crippen molar-refractivity contribution in [1.82, 2.24) is 10.2 Å². The van der Waals surface area contributed by atoms with Crippen LogP contribution in [0.1, 0.15) is 19.4 Å². The first-order chi connectivity index (χ1) is 13.4. The topological polar surface area (TPSA) is 67.9 Å². The van der Waals surface area contributed by atoms with Crippen molar-refractivity contribution >= 4 is 34.4 Å². The zero-order valence-electron chi connectivity index (χ0n) is 16.3. The summed E-state index contributed by atoms with van der Waals surface area (Å²) >= 11 is 2.21. The number of carbonyl (C=O) groups is 2. The van der Waals surface area contributed by atoms with Crippen LogP contribution in [0.4, 0.5) is 0 Å². The van der Waals surface area contributed by atoms with Crippen LogP contribution in [0.15, 0.2) is 48.5 Å². The van der Waals surface area contributed by atoms with E-state index in [0.29, 0.717) is 18.0 Å². The van der Waals surface area contributed by atoms with Crippen molar-refractivity contribution < 1.29 is 19.1 Å². The average molecular weight is 496 g/mol. The summed E-state index contributed by atoms with van der Waals surface area (Å²) in [6, 6.07) is 14.3. The van der Waals surface area contributed by atoms with E-state index in [1.807, 2.05) is 55.5 Å². The minimum absolute atomic E-state index is 0.145. The molecular formula is C21H25IN2O4. The van der Waals surface area contributed by atoms with Crippen molar-refractivity contribution in [3.8, 4) is 11.5 Å². The summed E-state index contributed by atoms with van der Waals surface area (Å²) in [5, 5.41) is 2.77. The van der Waals surface area contributed by atoms with Gasteiger partial charge in [-0.2, -0.15) is 0 Å². The normalized spacial score (nSPS) is 11.4. The largest absolute Gasteiger partial charge is 0.497 e. The molecule has 0 spiro atoms. The van der Waals surface area contributed by atoms with Gasteiger partial charge in [0.25, 0.3) is 5.91 Å². The maximum atomic E-state index is 12.9. The molecule has 0 fully saturated rings. The number of rotatable bonds is 9. The third-order valence-corrected chi connectivity index (χ3v) is 4.90. The van der Waals surface area contributed by atoms with Gasteiger partial charge in [-0.25, -0.2) is 0 Å². The molecule has 0 saturated carbocycles. The molecule has 28 heavy (non-hydrogen) atoms. The zero-order chi connectivity index (χ0) is 20.5. The Kier molecular flexibility index (Phi) is 8.56. The molecule has 0 aliphatic carbocycles. The lowest BCUT2D eigenvalue weighted by Crippen LogP contribution is -2.49. The first-order valence-electron chi connectivity index (χ1n) is 9.03. The molecule has 2 amide bonds. The number of hydrogen-bond acceptors (Lipinski definition) is 4. The minimum Gasteiger partial charge on any atom is -0.497 e. The van der Waals surface area contributed by atoms with E-state index in [0.717, 1.165) is 9.13 Å². The van der Waals surface area contributed by atoms with E-state index >= 15 is 0 Å². The number of methoxy groups -OCH3 is 1. The summed E-state index contributed by atoms with van der Waals surface area (Å²) < 4.78 is 12.0. The second-order valence-electron chi connectivity index (χ2n) is 6.19. The number of nitrogens with one attached hydrogen (secondary N) is 1. The number of likely N-dealkylation sites (N-methyl/N-ethyl adjacent to an activating group) is 1. The Labute approximate surface area is 179 Å². The van der Waals surface area contributed by atoms with Crippen molar-refractivity contribution in [1.29, 1.82) is 0 Å². The van der Waals surface area contributed by atoms with E-state index in [2.05, 4.69) is 27.9 Å². The van der Waals surface area contributed by atoms with Crippen molar-refractivity contribution in [2.75, 3.05) is 20.3 Å². The highest BCUT2D eigenvalue weighted by atomic mass is 127. The van der Waals surface area contributed by atoms with Crippen molar-refractivity contribution in [3.63, 3.8) is 0 Å². The lowest BCUT2D eigenvalue weighted by molar-refractivity contribution is -0.142. The molecule has 6 nitrogen and oxygen atoms in total. The number of carbonyl (C=O) groups excluding carboxylic acids is 2. The molecule has 0 aliphatic heterocycles. The summed E-state index contributed by atoms with van der Waals surface area (Å²) in [5.74, 6) is 0.847. The van der Waals surface area contributed by atoms with Gasteiger partial charge >= 0.3 is 0 Å². The van der Waals surface area contributed by atoms with Gasteiger partial charge in [0.2, 0.25) is 5.91 Å². The molecule has 2 rings (SSSR count). The van der Waals surface area contributed by atoms with Gasteiger partial charge in [-0.3, -0.25) is 9.59 Å². The second kappa shape index (κ2) is 10.9. The molecule has 0 radical (unpaired) electrons. The lowest BCUT2D eigenvalue weighted by atomic mass is 10.1. The van der Waals surface area contributed by atoms with E-state index in [4.69, 9.17) is 9.47 Å².